The highest BCUT2D eigenvalue weighted by Gasteiger charge is 2.34. The predicted octanol–water partition coefficient (Wildman–Crippen LogP) is 3.87. The van der Waals surface area contributed by atoms with Gasteiger partial charge in [0.2, 0.25) is 0 Å². The van der Waals surface area contributed by atoms with E-state index in [0.29, 0.717) is 5.02 Å². The van der Waals surface area contributed by atoms with Gasteiger partial charge in [0.15, 0.2) is 0 Å². The topological polar surface area (TPSA) is 61.5 Å². The van der Waals surface area contributed by atoms with Gasteiger partial charge in [-0.15, -0.1) is 0 Å². The van der Waals surface area contributed by atoms with Gasteiger partial charge in [-0.25, -0.2) is 0 Å². The van der Waals surface area contributed by atoms with Crippen LogP contribution in [0.2, 0.25) is 5.02 Å². The minimum absolute atomic E-state index is 0.289. The van der Waals surface area contributed by atoms with Crippen molar-refractivity contribution in [2.45, 2.75) is 26.6 Å². The number of hydrogen-bond donors (Lipinski definition) is 1. The zero-order valence-electron chi connectivity index (χ0n) is 10.9. The molecule has 1 atom stereocenters. The van der Waals surface area contributed by atoms with Gasteiger partial charge < -0.3 is 14.8 Å². The summed E-state index contributed by atoms with van der Waals surface area (Å²) < 4.78 is 23.0. The molecule has 0 fully saturated rings. The smallest absolute Gasteiger partial charge is 0.314 e. The molecule has 0 aliphatic heterocycles. The van der Waals surface area contributed by atoms with E-state index >= 15 is 0 Å². The van der Waals surface area contributed by atoms with Gasteiger partial charge in [-0.3, -0.25) is 4.57 Å². The third-order valence-corrected chi connectivity index (χ3v) is 4.94. The number of nitrogens with two attached hydrogens (primary N) is 1. The minimum Gasteiger partial charge on any atom is -0.314 e. The first kappa shape index (κ1) is 15.7. The van der Waals surface area contributed by atoms with E-state index in [1.165, 1.54) is 0 Å². The Balaban J connectivity index is 3.09. The summed E-state index contributed by atoms with van der Waals surface area (Å²) in [6, 6.07) is 5.25. The van der Waals surface area contributed by atoms with Gasteiger partial charge in [0.05, 0.1) is 13.2 Å². The van der Waals surface area contributed by atoms with Crippen molar-refractivity contribution in [1.29, 1.82) is 0 Å². The van der Waals surface area contributed by atoms with Crippen molar-refractivity contribution in [3.05, 3.63) is 34.3 Å². The minimum atomic E-state index is -3.34. The average molecular weight is 292 g/mol. The van der Waals surface area contributed by atoms with Crippen molar-refractivity contribution in [1.82, 2.24) is 0 Å². The van der Waals surface area contributed by atoms with Gasteiger partial charge in [0.25, 0.3) is 0 Å². The lowest BCUT2D eigenvalue weighted by molar-refractivity contribution is 0.212. The largest absolute Gasteiger partial charge is 0.351 e. The van der Waals surface area contributed by atoms with Crippen LogP contribution in [-0.4, -0.2) is 13.2 Å². The van der Waals surface area contributed by atoms with Crippen molar-refractivity contribution in [3.8, 4) is 0 Å². The molecule has 0 heterocycles. The molecule has 0 saturated carbocycles. The number of hydrogen-bond acceptors (Lipinski definition) is 4. The second kappa shape index (κ2) is 6.69. The summed E-state index contributed by atoms with van der Waals surface area (Å²) in [7, 11) is -3.34. The van der Waals surface area contributed by atoms with E-state index in [-0.39, 0.29) is 13.2 Å². The third kappa shape index (κ3) is 3.56. The highest BCUT2D eigenvalue weighted by molar-refractivity contribution is 7.54. The van der Waals surface area contributed by atoms with Gasteiger partial charge >= 0.3 is 7.60 Å². The molecule has 0 unspecified atom stereocenters. The normalized spacial score (nSPS) is 13.6. The molecule has 1 aromatic rings. The lowest BCUT2D eigenvalue weighted by Crippen LogP contribution is -2.16. The SMILES string of the molecule is CCOP(=O)(OCC)[C@H](N)c1ccc(Cl)cc1C. The molecular weight excluding hydrogens is 273 g/mol. The van der Waals surface area contributed by atoms with Crippen molar-refractivity contribution >= 4 is 19.2 Å². The predicted molar refractivity (Wildman–Crippen MR) is 74.0 cm³/mol. The van der Waals surface area contributed by atoms with Crippen molar-refractivity contribution in [2.75, 3.05) is 13.2 Å². The molecule has 2 N–H and O–H groups in total. The summed E-state index contributed by atoms with van der Waals surface area (Å²) in [5.74, 6) is -0.797. The Labute approximate surface area is 113 Å². The highest BCUT2D eigenvalue weighted by Crippen LogP contribution is 2.58. The standard InChI is InChI=1S/C12H19ClNO3P/c1-4-16-18(15,17-5-2)12(14)11-7-6-10(13)8-9(11)3/h6-8,12H,4-5,14H2,1-3H3/t12-/m0/s1. The van der Waals surface area contributed by atoms with E-state index in [1.807, 2.05) is 6.92 Å². The maximum Gasteiger partial charge on any atom is 0.351 e. The Morgan fingerprint density at radius 1 is 1.33 bits per heavy atom. The summed E-state index contributed by atoms with van der Waals surface area (Å²) in [4.78, 5) is 0. The fourth-order valence-corrected chi connectivity index (χ4v) is 3.67. The van der Waals surface area contributed by atoms with E-state index < -0.39 is 13.4 Å². The third-order valence-electron chi connectivity index (χ3n) is 2.51. The van der Waals surface area contributed by atoms with Crippen molar-refractivity contribution in [3.63, 3.8) is 0 Å². The van der Waals surface area contributed by atoms with Gasteiger partial charge in [-0.2, -0.15) is 0 Å². The Bertz CT molecular complexity index is 443. The van der Waals surface area contributed by atoms with Crippen LogP contribution in [0.4, 0.5) is 0 Å². The van der Waals surface area contributed by atoms with E-state index in [2.05, 4.69) is 0 Å². The van der Waals surface area contributed by atoms with Crippen LogP contribution in [0.15, 0.2) is 18.2 Å². The summed E-state index contributed by atoms with van der Waals surface area (Å²) in [6.45, 7) is 5.96. The summed E-state index contributed by atoms with van der Waals surface area (Å²) in [5, 5.41) is 0.617. The summed E-state index contributed by atoms with van der Waals surface area (Å²) >= 11 is 5.89. The molecule has 18 heavy (non-hydrogen) atoms. The van der Waals surface area contributed by atoms with Gasteiger partial charge in [-0.1, -0.05) is 17.7 Å². The van der Waals surface area contributed by atoms with E-state index in [1.54, 1.807) is 32.0 Å². The molecule has 102 valence electrons. The molecule has 0 bridgehead atoms. The molecular formula is C12H19ClNO3P. The van der Waals surface area contributed by atoms with Crippen LogP contribution in [0.25, 0.3) is 0 Å². The number of halogens is 1. The fourth-order valence-electron chi connectivity index (χ4n) is 1.70. The lowest BCUT2D eigenvalue weighted by Gasteiger charge is -2.24. The lowest BCUT2D eigenvalue weighted by atomic mass is 10.1. The Morgan fingerprint density at radius 2 is 1.89 bits per heavy atom. The Morgan fingerprint density at radius 3 is 2.33 bits per heavy atom. The van der Waals surface area contributed by atoms with E-state index in [9.17, 15) is 4.57 Å². The summed E-state index contributed by atoms with van der Waals surface area (Å²) in [6.07, 6.45) is 0. The molecule has 0 aromatic heterocycles. The molecule has 1 aromatic carbocycles. The molecule has 0 spiro atoms. The Hall–Kier alpha value is -0.380. The molecule has 0 aliphatic carbocycles. The number of benzene rings is 1. The maximum absolute atomic E-state index is 12.5. The van der Waals surface area contributed by atoms with Crippen LogP contribution in [0, 0.1) is 6.92 Å². The first-order valence-corrected chi connectivity index (χ1v) is 7.84. The molecule has 0 amide bonds. The molecule has 0 radical (unpaired) electrons. The molecule has 0 aliphatic rings. The van der Waals surface area contributed by atoms with E-state index in [0.717, 1.165) is 11.1 Å². The average Bonchev–Trinajstić information content (AvgIpc) is 2.29. The number of aryl methyl sites for hydroxylation is 1. The van der Waals surface area contributed by atoms with Gasteiger partial charge in [0.1, 0.15) is 5.78 Å². The molecule has 6 heteroatoms. The van der Waals surface area contributed by atoms with Crippen LogP contribution in [-0.2, 0) is 13.6 Å². The monoisotopic (exact) mass is 291 g/mol. The van der Waals surface area contributed by atoms with Crippen LogP contribution in [0.1, 0.15) is 30.8 Å². The zero-order chi connectivity index (χ0) is 13.8. The molecule has 1 rings (SSSR count). The first-order chi connectivity index (χ1) is 8.44. The van der Waals surface area contributed by atoms with Crippen LogP contribution in [0.5, 0.6) is 0 Å². The zero-order valence-corrected chi connectivity index (χ0v) is 12.5. The first-order valence-electron chi connectivity index (χ1n) is 5.85. The second-order valence-corrected chi connectivity index (χ2v) is 6.41. The van der Waals surface area contributed by atoms with Gasteiger partial charge in [0, 0.05) is 5.02 Å². The maximum atomic E-state index is 12.5. The molecule has 4 nitrogen and oxygen atoms in total. The quantitative estimate of drug-likeness (QED) is 0.808. The second-order valence-electron chi connectivity index (χ2n) is 3.82. The van der Waals surface area contributed by atoms with Crippen molar-refractivity contribution < 1.29 is 13.6 Å². The molecule has 0 saturated heterocycles. The van der Waals surface area contributed by atoms with E-state index in [4.69, 9.17) is 26.4 Å². The van der Waals surface area contributed by atoms with Crippen molar-refractivity contribution in [2.24, 2.45) is 5.73 Å². The van der Waals surface area contributed by atoms with Crippen LogP contribution >= 0.6 is 19.2 Å². The number of rotatable bonds is 6. The van der Waals surface area contributed by atoms with Gasteiger partial charge in [-0.05, 0) is 44.0 Å². The fraction of sp³-hybridized carbons (Fsp3) is 0.500. The van der Waals surface area contributed by atoms with Crippen LogP contribution in [0.3, 0.4) is 0 Å². The Kier molecular flexibility index (Phi) is 5.83. The highest BCUT2D eigenvalue weighted by atomic mass is 35.5. The summed E-state index contributed by atoms with van der Waals surface area (Å²) in [5.41, 5.74) is 7.64. The van der Waals surface area contributed by atoms with Crippen LogP contribution < -0.4 is 5.73 Å².